The zero-order valence-electron chi connectivity index (χ0n) is 7.55. The molecule has 0 radical (unpaired) electrons. The van der Waals surface area contributed by atoms with Gasteiger partial charge < -0.3 is 10.1 Å². The van der Waals surface area contributed by atoms with Crippen LogP contribution in [-0.4, -0.2) is 10.1 Å². The van der Waals surface area contributed by atoms with Crippen LogP contribution in [-0.2, 0) is 0 Å². The van der Waals surface area contributed by atoms with E-state index in [9.17, 15) is 9.50 Å². The van der Waals surface area contributed by atoms with Gasteiger partial charge in [0.25, 0.3) is 0 Å². The summed E-state index contributed by atoms with van der Waals surface area (Å²) in [6.07, 6.45) is 4.28. The molecule has 0 atom stereocenters. The molecule has 0 amide bonds. The summed E-state index contributed by atoms with van der Waals surface area (Å²) in [5, 5.41) is 10.4. The van der Waals surface area contributed by atoms with Gasteiger partial charge in [-0.2, -0.15) is 0 Å². The molecule has 1 heterocycles. The van der Waals surface area contributed by atoms with E-state index < -0.39 is 5.82 Å². The van der Waals surface area contributed by atoms with Gasteiger partial charge in [0.15, 0.2) is 11.6 Å². The first-order valence-electron chi connectivity index (χ1n) is 4.76. The summed E-state index contributed by atoms with van der Waals surface area (Å²) < 4.78 is 13.0. The SMILES string of the molecule is Oc1c(F)ccc2c(C3CC3)c[nH]c12. The Hall–Kier alpha value is -1.51. The molecule has 72 valence electrons. The number of H-pyrrole nitrogens is 1. The summed E-state index contributed by atoms with van der Waals surface area (Å²) in [5.41, 5.74) is 1.72. The maximum absolute atomic E-state index is 13.0. The Morgan fingerprint density at radius 1 is 1.36 bits per heavy atom. The molecule has 1 aliphatic rings. The molecular weight excluding hydrogens is 181 g/mol. The fraction of sp³-hybridized carbons (Fsp3) is 0.273. The van der Waals surface area contributed by atoms with Gasteiger partial charge in [0, 0.05) is 11.6 Å². The first-order valence-corrected chi connectivity index (χ1v) is 4.76. The van der Waals surface area contributed by atoms with Crippen LogP contribution in [0.4, 0.5) is 4.39 Å². The predicted molar refractivity (Wildman–Crippen MR) is 51.9 cm³/mol. The highest BCUT2D eigenvalue weighted by Gasteiger charge is 2.26. The van der Waals surface area contributed by atoms with Crippen LogP contribution < -0.4 is 0 Å². The predicted octanol–water partition coefficient (Wildman–Crippen LogP) is 2.89. The van der Waals surface area contributed by atoms with E-state index in [-0.39, 0.29) is 5.75 Å². The molecule has 2 N–H and O–H groups in total. The number of hydrogen-bond donors (Lipinski definition) is 2. The van der Waals surface area contributed by atoms with Crippen molar-refractivity contribution >= 4 is 10.9 Å². The summed E-state index contributed by atoms with van der Waals surface area (Å²) in [5.74, 6) is -0.232. The van der Waals surface area contributed by atoms with Crippen molar-refractivity contribution in [1.29, 1.82) is 0 Å². The largest absolute Gasteiger partial charge is 0.503 e. The van der Waals surface area contributed by atoms with Gasteiger partial charge in [0.1, 0.15) is 0 Å². The lowest BCUT2D eigenvalue weighted by Gasteiger charge is -1.98. The summed E-state index contributed by atoms with van der Waals surface area (Å²) in [4.78, 5) is 2.93. The van der Waals surface area contributed by atoms with Gasteiger partial charge in [-0.25, -0.2) is 4.39 Å². The van der Waals surface area contributed by atoms with Crippen LogP contribution in [0.25, 0.3) is 10.9 Å². The van der Waals surface area contributed by atoms with E-state index in [1.165, 1.54) is 24.5 Å². The molecule has 0 spiro atoms. The minimum absolute atomic E-state index is 0.269. The molecule has 0 bridgehead atoms. The van der Waals surface area contributed by atoms with Crippen LogP contribution in [0.3, 0.4) is 0 Å². The minimum atomic E-state index is -0.568. The zero-order valence-corrected chi connectivity index (χ0v) is 7.55. The van der Waals surface area contributed by atoms with Gasteiger partial charge in [0.05, 0.1) is 5.52 Å². The highest BCUT2D eigenvalue weighted by Crippen LogP contribution is 2.44. The van der Waals surface area contributed by atoms with Crippen LogP contribution in [0, 0.1) is 5.82 Å². The molecule has 2 aromatic rings. The van der Waals surface area contributed by atoms with Gasteiger partial charge in [-0.15, -0.1) is 0 Å². The van der Waals surface area contributed by atoms with Crippen molar-refractivity contribution in [2.75, 3.05) is 0 Å². The maximum Gasteiger partial charge on any atom is 0.175 e. The average Bonchev–Trinajstić information content (AvgIpc) is 2.93. The van der Waals surface area contributed by atoms with E-state index in [2.05, 4.69) is 4.98 Å². The standard InChI is InChI=1S/C11H10FNO/c12-9-4-3-7-8(6-1-2-6)5-13-10(7)11(9)14/h3-6,13-14H,1-2H2. The van der Waals surface area contributed by atoms with Crippen LogP contribution in [0.2, 0.25) is 0 Å². The molecule has 1 saturated carbocycles. The molecule has 1 aliphatic carbocycles. The molecule has 1 fully saturated rings. The molecule has 2 nitrogen and oxygen atoms in total. The number of phenols is 1. The third-order valence-electron chi connectivity index (χ3n) is 2.83. The first kappa shape index (κ1) is 7.85. The number of halogens is 1. The number of aromatic nitrogens is 1. The molecule has 1 aromatic carbocycles. The van der Waals surface area contributed by atoms with Gasteiger partial charge in [-0.05, 0) is 36.5 Å². The van der Waals surface area contributed by atoms with Gasteiger partial charge in [-0.1, -0.05) is 0 Å². The molecule has 1 aromatic heterocycles. The highest BCUT2D eigenvalue weighted by molar-refractivity contribution is 5.89. The normalized spacial score (nSPS) is 16.4. The lowest BCUT2D eigenvalue weighted by atomic mass is 10.1. The third-order valence-corrected chi connectivity index (χ3v) is 2.83. The van der Waals surface area contributed by atoms with Crippen LogP contribution in [0.1, 0.15) is 24.3 Å². The molecule has 14 heavy (non-hydrogen) atoms. The minimum Gasteiger partial charge on any atom is -0.503 e. The Labute approximate surface area is 80.4 Å². The van der Waals surface area contributed by atoms with E-state index >= 15 is 0 Å². The number of aromatic amines is 1. The Morgan fingerprint density at radius 3 is 2.86 bits per heavy atom. The maximum atomic E-state index is 13.0. The number of phenolic OH excluding ortho intramolecular Hbond substituents is 1. The van der Waals surface area contributed by atoms with Crippen LogP contribution >= 0.6 is 0 Å². The smallest absolute Gasteiger partial charge is 0.175 e. The molecular formula is C11H10FNO. The molecule has 3 rings (SSSR count). The highest BCUT2D eigenvalue weighted by atomic mass is 19.1. The lowest BCUT2D eigenvalue weighted by molar-refractivity contribution is 0.438. The van der Waals surface area contributed by atoms with E-state index in [0.717, 1.165) is 5.39 Å². The fourth-order valence-corrected chi connectivity index (χ4v) is 1.91. The molecule has 0 unspecified atom stereocenters. The average molecular weight is 191 g/mol. The summed E-state index contributed by atoms with van der Waals surface area (Å²) >= 11 is 0. The number of aromatic hydroxyl groups is 1. The topological polar surface area (TPSA) is 36.0 Å². The van der Waals surface area contributed by atoms with Crippen molar-refractivity contribution in [1.82, 2.24) is 4.98 Å². The van der Waals surface area contributed by atoms with Gasteiger partial charge >= 0.3 is 0 Å². The number of benzene rings is 1. The first-order chi connectivity index (χ1) is 6.77. The Kier molecular flexibility index (Phi) is 1.40. The Morgan fingerprint density at radius 2 is 2.14 bits per heavy atom. The fourth-order valence-electron chi connectivity index (χ4n) is 1.91. The molecule has 3 heteroatoms. The second-order valence-electron chi connectivity index (χ2n) is 3.84. The van der Waals surface area contributed by atoms with Crippen molar-refractivity contribution in [3.05, 3.63) is 29.7 Å². The lowest BCUT2D eigenvalue weighted by Crippen LogP contribution is -1.79. The van der Waals surface area contributed by atoms with Crippen molar-refractivity contribution in [3.8, 4) is 5.75 Å². The van der Waals surface area contributed by atoms with E-state index in [0.29, 0.717) is 11.4 Å². The second kappa shape index (κ2) is 2.50. The van der Waals surface area contributed by atoms with Crippen molar-refractivity contribution in [3.63, 3.8) is 0 Å². The number of rotatable bonds is 1. The van der Waals surface area contributed by atoms with Crippen molar-refractivity contribution in [2.45, 2.75) is 18.8 Å². The number of fused-ring (bicyclic) bond motifs is 1. The molecule has 0 saturated heterocycles. The van der Waals surface area contributed by atoms with E-state index in [1.54, 1.807) is 6.07 Å². The Balaban J connectivity index is 2.31. The second-order valence-corrected chi connectivity index (χ2v) is 3.84. The monoisotopic (exact) mass is 191 g/mol. The van der Waals surface area contributed by atoms with Gasteiger partial charge in [-0.3, -0.25) is 0 Å². The van der Waals surface area contributed by atoms with Crippen molar-refractivity contribution in [2.24, 2.45) is 0 Å². The zero-order chi connectivity index (χ0) is 9.71. The summed E-state index contributed by atoms with van der Waals surface area (Å²) in [7, 11) is 0. The number of nitrogens with one attached hydrogen (secondary N) is 1. The van der Waals surface area contributed by atoms with Gasteiger partial charge in [0.2, 0.25) is 0 Å². The van der Waals surface area contributed by atoms with Crippen molar-refractivity contribution < 1.29 is 9.50 Å². The van der Waals surface area contributed by atoms with E-state index in [4.69, 9.17) is 0 Å². The quantitative estimate of drug-likeness (QED) is 0.714. The van der Waals surface area contributed by atoms with E-state index in [1.807, 2.05) is 6.20 Å². The Bertz CT molecular complexity index is 499. The van der Waals surface area contributed by atoms with Crippen LogP contribution in [0.15, 0.2) is 18.3 Å². The summed E-state index contributed by atoms with van der Waals surface area (Å²) in [6, 6.07) is 3.05. The number of hydrogen-bond acceptors (Lipinski definition) is 1. The van der Waals surface area contributed by atoms with Crippen LogP contribution in [0.5, 0.6) is 5.75 Å². The summed E-state index contributed by atoms with van der Waals surface area (Å²) in [6.45, 7) is 0. The third kappa shape index (κ3) is 0.953. The molecule has 0 aliphatic heterocycles.